The minimum Gasteiger partial charge on any atom is -0.468 e. The summed E-state index contributed by atoms with van der Waals surface area (Å²) in [5.41, 5.74) is 0. The molecule has 1 aliphatic heterocycles. The smallest absolute Gasteiger partial charge is 0.325 e. The van der Waals surface area contributed by atoms with Gasteiger partial charge in [-0.05, 0) is 13.0 Å². The van der Waals surface area contributed by atoms with E-state index in [0.717, 1.165) is 0 Å². The van der Waals surface area contributed by atoms with Crippen LogP contribution in [0.3, 0.4) is 0 Å². The van der Waals surface area contributed by atoms with Crippen molar-refractivity contribution in [1.29, 1.82) is 0 Å². The van der Waals surface area contributed by atoms with Gasteiger partial charge in [-0.25, -0.2) is 0 Å². The van der Waals surface area contributed by atoms with Crippen LogP contribution in [0.2, 0.25) is 0 Å². The molecule has 4 nitrogen and oxygen atoms in total. The third kappa shape index (κ3) is 1.27. The Morgan fingerprint density at radius 3 is 2.90 bits per heavy atom. The van der Waals surface area contributed by atoms with Crippen LogP contribution in [0, 0.1) is 0 Å². The lowest BCUT2D eigenvalue weighted by atomic mass is 10.2. The van der Waals surface area contributed by atoms with Gasteiger partial charge in [0.1, 0.15) is 6.04 Å². The van der Waals surface area contributed by atoms with Crippen molar-refractivity contribution in [2.45, 2.75) is 18.6 Å². The number of esters is 1. The van der Waals surface area contributed by atoms with Crippen LogP contribution in [-0.4, -0.2) is 36.9 Å². The van der Waals surface area contributed by atoms with Gasteiger partial charge in [0, 0.05) is 0 Å². The van der Waals surface area contributed by atoms with Gasteiger partial charge in [-0.1, -0.05) is 0 Å². The Bertz CT molecular complexity index is 137. The predicted molar refractivity (Wildman–Crippen MR) is 34.4 cm³/mol. The number of carbonyl (C=O) groups is 1. The summed E-state index contributed by atoms with van der Waals surface area (Å²) in [6.45, 7) is 0.681. The maximum absolute atomic E-state index is 10.8. The number of nitrogens with one attached hydrogen (secondary N) is 1. The van der Waals surface area contributed by atoms with Crippen molar-refractivity contribution in [3.8, 4) is 0 Å². The molecule has 0 aromatic heterocycles. The van der Waals surface area contributed by atoms with Gasteiger partial charge in [0.25, 0.3) is 0 Å². The quantitative estimate of drug-likeness (QED) is 0.459. The first kappa shape index (κ1) is 7.50. The van der Waals surface area contributed by atoms with E-state index in [2.05, 4.69) is 10.1 Å². The summed E-state index contributed by atoms with van der Waals surface area (Å²) >= 11 is 0. The van der Waals surface area contributed by atoms with E-state index < -0.39 is 12.1 Å². The molecule has 10 heavy (non-hydrogen) atoms. The molecule has 2 N–H and O–H groups in total. The van der Waals surface area contributed by atoms with Gasteiger partial charge in [-0.15, -0.1) is 0 Å². The van der Waals surface area contributed by atoms with Gasteiger partial charge in [0.2, 0.25) is 0 Å². The maximum Gasteiger partial charge on any atom is 0.325 e. The minimum absolute atomic E-state index is 0.384. The second kappa shape index (κ2) is 2.98. The van der Waals surface area contributed by atoms with Crippen LogP contribution in [0.4, 0.5) is 0 Å². The summed E-state index contributed by atoms with van der Waals surface area (Å²) < 4.78 is 4.44. The van der Waals surface area contributed by atoms with Crippen molar-refractivity contribution in [2.24, 2.45) is 0 Å². The molecular formula is C6H11NO3. The number of methoxy groups -OCH3 is 1. The molecule has 1 fully saturated rings. The number of aliphatic hydroxyl groups excluding tert-OH is 1. The summed E-state index contributed by atoms with van der Waals surface area (Å²) in [7, 11) is 1.31. The highest BCUT2D eigenvalue weighted by atomic mass is 16.5. The fourth-order valence-corrected chi connectivity index (χ4v) is 1.06. The maximum atomic E-state index is 10.8. The Morgan fingerprint density at radius 2 is 2.50 bits per heavy atom. The first-order chi connectivity index (χ1) is 4.75. The number of rotatable bonds is 1. The van der Waals surface area contributed by atoms with Crippen LogP contribution in [0.1, 0.15) is 6.42 Å². The van der Waals surface area contributed by atoms with Crippen molar-refractivity contribution in [1.82, 2.24) is 5.32 Å². The van der Waals surface area contributed by atoms with Crippen LogP contribution in [0.5, 0.6) is 0 Å². The van der Waals surface area contributed by atoms with Crippen molar-refractivity contribution >= 4 is 5.97 Å². The molecule has 0 saturated carbocycles. The predicted octanol–water partition coefficient (Wildman–Crippen LogP) is -1.12. The van der Waals surface area contributed by atoms with E-state index in [1.807, 2.05) is 0 Å². The van der Waals surface area contributed by atoms with E-state index in [-0.39, 0.29) is 5.97 Å². The molecule has 1 unspecified atom stereocenters. The summed E-state index contributed by atoms with van der Waals surface area (Å²) in [5, 5.41) is 12.0. The normalized spacial score (nSPS) is 32.2. The van der Waals surface area contributed by atoms with Gasteiger partial charge in [-0.3, -0.25) is 4.79 Å². The zero-order valence-corrected chi connectivity index (χ0v) is 5.83. The van der Waals surface area contributed by atoms with E-state index in [4.69, 9.17) is 5.11 Å². The number of aliphatic hydroxyl groups is 1. The lowest BCUT2D eigenvalue weighted by Gasteiger charge is -2.10. The molecule has 1 heterocycles. The average Bonchev–Trinajstić information content (AvgIpc) is 2.34. The van der Waals surface area contributed by atoms with Crippen molar-refractivity contribution in [3.05, 3.63) is 0 Å². The zero-order valence-electron chi connectivity index (χ0n) is 5.83. The molecule has 1 aliphatic rings. The topological polar surface area (TPSA) is 58.6 Å². The highest BCUT2D eigenvalue weighted by Gasteiger charge is 2.31. The molecule has 0 radical (unpaired) electrons. The van der Waals surface area contributed by atoms with Crippen molar-refractivity contribution in [2.75, 3.05) is 13.7 Å². The lowest BCUT2D eigenvalue weighted by Crippen LogP contribution is -2.39. The molecule has 0 aliphatic carbocycles. The van der Waals surface area contributed by atoms with Gasteiger partial charge >= 0.3 is 5.97 Å². The van der Waals surface area contributed by atoms with E-state index >= 15 is 0 Å². The molecule has 0 spiro atoms. The SMILES string of the molecule is COC(=O)[C@@H]1NCCC1O. The molecule has 1 rings (SSSR count). The van der Waals surface area contributed by atoms with Crippen LogP contribution < -0.4 is 5.32 Å². The fourth-order valence-electron chi connectivity index (χ4n) is 1.06. The minimum atomic E-state index is -0.576. The van der Waals surface area contributed by atoms with Gasteiger partial charge in [0.05, 0.1) is 13.2 Å². The van der Waals surface area contributed by atoms with Gasteiger partial charge in [0.15, 0.2) is 0 Å². The third-order valence-corrected chi connectivity index (χ3v) is 1.64. The second-order valence-electron chi connectivity index (χ2n) is 2.31. The lowest BCUT2D eigenvalue weighted by molar-refractivity contribution is -0.144. The second-order valence-corrected chi connectivity index (χ2v) is 2.31. The van der Waals surface area contributed by atoms with Crippen LogP contribution in [0.25, 0.3) is 0 Å². The largest absolute Gasteiger partial charge is 0.468 e. The van der Waals surface area contributed by atoms with Gasteiger partial charge < -0.3 is 15.2 Å². The molecule has 2 atom stereocenters. The first-order valence-corrected chi connectivity index (χ1v) is 3.25. The Hall–Kier alpha value is -0.610. The third-order valence-electron chi connectivity index (χ3n) is 1.64. The Labute approximate surface area is 59.2 Å². The van der Waals surface area contributed by atoms with Gasteiger partial charge in [-0.2, -0.15) is 0 Å². The van der Waals surface area contributed by atoms with Crippen molar-refractivity contribution in [3.63, 3.8) is 0 Å². The number of hydrogen-bond donors (Lipinski definition) is 2. The summed E-state index contributed by atoms with van der Waals surface area (Å²) in [6.07, 6.45) is 0.0483. The molecule has 0 amide bonds. The van der Waals surface area contributed by atoms with Crippen LogP contribution >= 0.6 is 0 Å². The zero-order chi connectivity index (χ0) is 7.56. The molecule has 1 saturated heterocycles. The summed E-state index contributed by atoms with van der Waals surface area (Å²) in [6, 6.07) is -0.509. The number of carbonyl (C=O) groups excluding carboxylic acids is 1. The average molecular weight is 145 g/mol. The Kier molecular flexibility index (Phi) is 2.24. The van der Waals surface area contributed by atoms with E-state index in [9.17, 15) is 4.79 Å². The molecular weight excluding hydrogens is 134 g/mol. The van der Waals surface area contributed by atoms with Crippen molar-refractivity contribution < 1.29 is 14.6 Å². The highest BCUT2D eigenvalue weighted by Crippen LogP contribution is 2.07. The number of ether oxygens (including phenoxy) is 1. The first-order valence-electron chi connectivity index (χ1n) is 3.25. The Balaban J connectivity index is 2.46. The Morgan fingerprint density at radius 1 is 1.80 bits per heavy atom. The van der Waals surface area contributed by atoms with Crippen LogP contribution in [-0.2, 0) is 9.53 Å². The van der Waals surface area contributed by atoms with E-state index in [0.29, 0.717) is 13.0 Å². The monoisotopic (exact) mass is 145 g/mol. The number of hydrogen-bond acceptors (Lipinski definition) is 4. The highest BCUT2D eigenvalue weighted by molar-refractivity contribution is 5.76. The van der Waals surface area contributed by atoms with Crippen LogP contribution in [0.15, 0.2) is 0 Å². The molecule has 0 aromatic carbocycles. The molecule has 0 bridgehead atoms. The molecule has 4 heteroatoms. The fraction of sp³-hybridized carbons (Fsp3) is 0.833. The molecule has 58 valence electrons. The van der Waals surface area contributed by atoms with E-state index in [1.54, 1.807) is 0 Å². The van der Waals surface area contributed by atoms with E-state index in [1.165, 1.54) is 7.11 Å². The summed E-state index contributed by atoms with van der Waals surface area (Å²) in [5.74, 6) is -0.384. The summed E-state index contributed by atoms with van der Waals surface area (Å²) in [4.78, 5) is 10.8. The standard InChI is InChI=1S/C6H11NO3/c1-10-6(9)5-4(8)2-3-7-5/h4-5,7-8H,2-3H2,1H3/t4?,5-/m1/s1. The molecule has 0 aromatic rings.